The molecule has 3 N–H and O–H groups in total. The molecule has 0 aliphatic heterocycles. The van der Waals surface area contributed by atoms with Crippen molar-refractivity contribution in [1.82, 2.24) is 5.32 Å². The minimum atomic E-state index is -4.35. The Morgan fingerprint density at radius 2 is 0.800 bits per heavy atom. The van der Waals surface area contributed by atoms with Crippen LogP contribution >= 0.6 is 7.82 Å². The van der Waals surface area contributed by atoms with Gasteiger partial charge < -0.3 is 19.8 Å². The zero-order valence-electron chi connectivity index (χ0n) is 50.0. The van der Waals surface area contributed by atoms with E-state index in [1.165, 1.54) is 199 Å². The minimum Gasteiger partial charge on any atom is -0.387 e. The van der Waals surface area contributed by atoms with Crippen molar-refractivity contribution in [3.8, 4) is 0 Å². The Morgan fingerprint density at radius 1 is 0.467 bits per heavy atom. The van der Waals surface area contributed by atoms with Crippen LogP contribution in [0.5, 0.6) is 0 Å². The first-order chi connectivity index (χ1) is 36.5. The number of unbranched alkanes of at least 4 members (excludes halogenated alkanes) is 35. The summed E-state index contributed by atoms with van der Waals surface area (Å²) in [6.07, 6.45) is 78.8. The molecule has 3 unspecified atom stereocenters. The molecule has 8 nitrogen and oxygen atoms in total. The zero-order chi connectivity index (χ0) is 54.9. The number of aliphatic hydroxyl groups excluding tert-OH is 1. The molecule has 9 heteroatoms. The third-order valence-corrected chi connectivity index (χ3v) is 15.2. The second-order valence-electron chi connectivity index (χ2n) is 22.8. The lowest BCUT2D eigenvalue weighted by Gasteiger charge is -2.25. The van der Waals surface area contributed by atoms with E-state index in [0.717, 1.165) is 70.6 Å². The van der Waals surface area contributed by atoms with Gasteiger partial charge in [0.2, 0.25) is 5.91 Å². The SMILES string of the molecule is CC/C=C\C/C=C\C/C=C\C/C=C\C/C=C\CCCCCCCCCCCCCCCCCCCCCCCC(=O)NC(COP(=O)(O)OCC[N+](C)(C)C)C(O)/C=C/CCCCCCCCCCCCCCCC. The van der Waals surface area contributed by atoms with E-state index in [4.69, 9.17) is 9.05 Å². The Labute approximate surface area is 465 Å². The summed E-state index contributed by atoms with van der Waals surface area (Å²) >= 11 is 0. The summed E-state index contributed by atoms with van der Waals surface area (Å²) in [6.45, 7) is 4.73. The molecule has 1 amide bonds. The average Bonchev–Trinajstić information content (AvgIpc) is 3.37. The molecule has 0 aromatic carbocycles. The molecule has 0 heterocycles. The number of amides is 1. The molecule has 0 aromatic heterocycles. The molecule has 0 bridgehead atoms. The number of phosphoric ester groups is 1. The van der Waals surface area contributed by atoms with Gasteiger partial charge in [0.15, 0.2) is 0 Å². The van der Waals surface area contributed by atoms with E-state index in [2.05, 4.69) is 79.9 Å². The van der Waals surface area contributed by atoms with Gasteiger partial charge in [-0.25, -0.2) is 4.57 Å². The van der Waals surface area contributed by atoms with E-state index >= 15 is 0 Å². The van der Waals surface area contributed by atoms with Gasteiger partial charge in [0.1, 0.15) is 13.2 Å². The summed E-state index contributed by atoms with van der Waals surface area (Å²) in [6, 6.07) is -0.847. The number of nitrogens with one attached hydrogen (secondary N) is 1. The van der Waals surface area contributed by atoms with Crippen LogP contribution in [0, 0.1) is 0 Å². The molecule has 0 spiro atoms. The number of hydrogen-bond acceptors (Lipinski definition) is 5. The van der Waals surface area contributed by atoms with E-state index in [-0.39, 0.29) is 19.1 Å². The fourth-order valence-corrected chi connectivity index (χ4v) is 9.98. The smallest absolute Gasteiger partial charge is 0.387 e. The van der Waals surface area contributed by atoms with Gasteiger partial charge in [-0.3, -0.25) is 13.8 Å². The lowest BCUT2D eigenvalue weighted by molar-refractivity contribution is -0.870. The van der Waals surface area contributed by atoms with E-state index < -0.39 is 20.0 Å². The molecule has 0 aromatic rings. The molecule has 0 fully saturated rings. The van der Waals surface area contributed by atoms with Gasteiger partial charge in [-0.05, 0) is 64.2 Å². The molecule has 0 radical (unpaired) electrons. The van der Waals surface area contributed by atoms with E-state index in [0.29, 0.717) is 17.4 Å². The van der Waals surface area contributed by atoms with Crippen molar-refractivity contribution in [1.29, 1.82) is 0 Å². The predicted molar refractivity (Wildman–Crippen MR) is 327 cm³/mol. The Kier molecular flexibility index (Phi) is 55.1. The van der Waals surface area contributed by atoms with Crippen molar-refractivity contribution in [2.75, 3.05) is 40.9 Å². The molecule has 0 saturated carbocycles. The third kappa shape index (κ3) is 59.4. The van der Waals surface area contributed by atoms with E-state index in [1.807, 2.05) is 27.2 Å². The van der Waals surface area contributed by atoms with Gasteiger partial charge in [0.25, 0.3) is 0 Å². The highest BCUT2D eigenvalue weighted by Crippen LogP contribution is 2.43. The highest BCUT2D eigenvalue weighted by molar-refractivity contribution is 7.47. The summed E-state index contributed by atoms with van der Waals surface area (Å²) < 4.78 is 23.7. The van der Waals surface area contributed by atoms with Gasteiger partial charge >= 0.3 is 7.82 Å². The number of hydrogen-bond donors (Lipinski definition) is 3. The number of nitrogens with zero attached hydrogens (tertiary/aromatic N) is 1. The third-order valence-electron chi connectivity index (χ3n) is 14.2. The van der Waals surface area contributed by atoms with Gasteiger partial charge in [-0.15, -0.1) is 0 Å². The molecule has 0 aliphatic carbocycles. The van der Waals surface area contributed by atoms with E-state index in [9.17, 15) is 19.4 Å². The lowest BCUT2D eigenvalue weighted by atomic mass is 10.0. The van der Waals surface area contributed by atoms with Gasteiger partial charge in [-0.2, -0.15) is 0 Å². The molecular formula is C66H124N2O6P+. The molecule has 0 saturated heterocycles. The Morgan fingerprint density at radius 3 is 1.17 bits per heavy atom. The highest BCUT2D eigenvalue weighted by atomic mass is 31.2. The summed E-state index contributed by atoms with van der Waals surface area (Å²) in [7, 11) is 1.58. The maximum Gasteiger partial charge on any atom is 0.472 e. The molecule has 3 atom stereocenters. The first kappa shape index (κ1) is 72.9. The van der Waals surface area contributed by atoms with Crippen LogP contribution in [0.15, 0.2) is 72.9 Å². The highest BCUT2D eigenvalue weighted by Gasteiger charge is 2.27. The Hall–Kier alpha value is -2.06. The number of phosphoric acid groups is 1. The van der Waals surface area contributed by atoms with Crippen molar-refractivity contribution >= 4 is 13.7 Å². The van der Waals surface area contributed by atoms with Crippen LogP contribution in [0.4, 0.5) is 0 Å². The van der Waals surface area contributed by atoms with Crippen molar-refractivity contribution < 1.29 is 32.9 Å². The summed E-state index contributed by atoms with van der Waals surface area (Å²) in [5.41, 5.74) is 0. The summed E-state index contributed by atoms with van der Waals surface area (Å²) in [5.74, 6) is -0.174. The second kappa shape index (κ2) is 56.7. The quantitative estimate of drug-likeness (QED) is 0.0243. The first-order valence-electron chi connectivity index (χ1n) is 31.8. The summed E-state index contributed by atoms with van der Waals surface area (Å²) in [4.78, 5) is 23.3. The van der Waals surface area contributed by atoms with E-state index in [1.54, 1.807) is 6.08 Å². The van der Waals surface area contributed by atoms with Gasteiger partial charge in [0.05, 0.1) is 39.9 Å². The molecule has 75 heavy (non-hydrogen) atoms. The monoisotopic (exact) mass is 1070 g/mol. The largest absolute Gasteiger partial charge is 0.472 e. The summed E-state index contributed by atoms with van der Waals surface area (Å²) in [5, 5.41) is 13.9. The minimum absolute atomic E-state index is 0.0617. The van der Waals surface area contributed by atoms with Crippen LogP contribution < -0.4 is 5.32 Å². The fourth-order valence-electron chi connectivity index (χ4n) is 9.25. The van der Waals surface area contributed by atoms with Crippen molar-refractivity contribution in [3.63, 3.8) is 0 Å². The lowest BCUT2D eigenvalue weighted by Crippen LogP contribution is -2.45. The maximum absolute atomic E-state index is 13.0. The molecule has 0 aliphatic rings. The molecule has 0 rings (SSSR count). The molecule has 438 valence electrons. The van der Waals surface area contributed by atoms with Gasteiger partial charge in [-0.1, -0.05) is 292 Å². The van der Waals surface area contributed by atoms with Crippen molar-refractivity contribution in [2.45, 2.75) is 302 Å². The number of carbonyl (C=O) groups is 1. The van der Waals surface area contributed by atoms with Crippen LogP contribution in [0.25, 0.3) is 0 Å². The van der Waals surface area contributed by atoms with Crippen LogP contribution in [0.2, 0.25) is 0 Å². The van der Waals surface area contributed by atoms with Crippen molar-refractivity contribution in [2.24, 2.45) is 0 Å². The first-order valence-corrected chi connectivity index (χ1v) is 33.3. The van der Waals surface area contributed by atoms with Crippen LogP contribution in [0.1, 0.15) is 290 Å². The Bertz CT molecular complexity index is 1450. The number of carbonyl (C=O) groups excluding carboxylic acids is 1. The number of rotatable bonds is 58. The number of quaternary nitrogens is 1. The molecular weight excluding hydrogens is 948 g/mol. The van der Waals surface area contributed by atoms with Crippen molar-refractivity contribution in [3.05, 3.63) is 72.9 Å². The number of aliphatic hydroxyl groups is 1. The number of allylic oxidation sites excluding steroid dienone is 11. The average molecular weight is 1070 g/mol. The van der Waals surface area contributed by atoms with Gasteiger partial charge in [0, 0.05) is 6.42 Å². The number of likely N-dealkylation sites (N-methyl/N-ethyl adjacent to an activating group) is 1. The second-order valence-corrected chi connectivity index (χ2v) is 24.2. The fraction of sp³-hybridized carbons (Fsp3) is 0.803. The van der Waals surface area contributed by atoms with Crippen LogP contribution in [-0.2, 0) is 18.4 Å². The van der Waals surface area contributed by atoms with Crippen LogP contribution in [0.3, 0.4) is 0 Å². The zero-order valence-corrected chi connectivity index (χ0v) is 50.9. The predicted octanol–water partition coefficient (Wildman–Crippen LogP) is 19.8. The van der Waals surface area contributed by atoms with Crippen LogP contribution in [-0.4, -0.2) is 73.4 Å². The Balaban J connectivity index is 3.98. The normalized spacial score (nSPS) is 14.3. The maximum atomic E-state index is 13.0. The topological polar surface area (TPSA) is 105 Å². The standard InChI is InChI=1S/C66H123N2O6P/c1-6-8-10-12-14-16-18-20-22-24-25-26-27-28-29-30-31-32-33-34-35-36-37-38-39-40-41-42-43-44-46-48-50-52-54-56-58-60-66(70)67-64(63-74-75(71,72)73-62-61-68(3,4)5)65(69)59-57-55-53-51-49-47-45-23-21-19-17-15-13-11-9-7-2/h8,10,14,16,20,22,25-26,28-29,57,59,64-65,69H,6-7,9,11-13,15,17-19,21,23-24,27,30-56,58,60-63H2,1-5H3,(H-,67,70,71,72)/p+1/b10-8-,16-14-,22-20-,26-25-,29-28-,59-57+.